The van der Waals surface area contributed by atoms with Crippen LogP contribution in [-0.2, 0) is 7.05 Å². The van der Waals surface area contributed by atoms with Crippen molar-refractivity contribution in [3.63, 3.8) is 0 Å². The number of piperidine rings is 1. The molecule has 6 rings (SSSR count). The smallest absolute Gasteiger partial charge is 0.332 e. The zero-order chi connectivity index (χ0) is 25.0. The molecular weight excluding hydrogens is 481 g/mol. The SMILES string of the molecule is Cn1ccn(-c2ccc(-c3cc(F)cc(-c4cncc(N5CC6CNC(C6)C5)c4)c3O)cc2Cl)c1=O. The van der Waals surface area contributed by atoms with Crippen LogP contribution >= 0.6 is 11.6 Å². The van der Waals surface area contributed by atoms with Crippen LogP contribution in [0, 0.1) is 11.7 Å². The highest BCUT2D eigenvalue weighted by atomic mass is 35.5. The summed E-state index contributed by atoms with van der Waals surface area (Å²) in [7, 11) is 1.66. The summed E-state index contributed by atoms with van der Waals surface area (Å²) in [5.41, 5.74) is 3.07. The van der Waals surface area contributed by atoms with E-state index in [9.17, 15) is 14.3 Å². The lowest BCUT2D eigenvalue weighted by atomic mass is 9.96. The van der Waals surface area contributed by atoms with Gasteiger partial charge in [-0.15, -0.1) is 0 Å². The molecule has 2 saturated heterocycles. The van der Waals surface area contributed by atoms with E-state index in [4.69, 9.17) is 11.6 Å². The van der Waals surface area contributed by atoms with Crippen LogP contribution in [0.4, 0.5) is 10.1 Å². The van der Waals surface area contributed by atoms with Gasteiger partial charge in [-0.05, 0) is 48.2 Å². The molecule has 2 unspecified atom stereocenters. The molecule has 2 fully saturated rings. The number of benzene rings is 2. The van der Waals surface area contributed by atoms with Crippen molar-refractivity contribution in [1.82, 2.24) is 19.4 Å². The molecule has 36 heavy (non-hydrogen) atoms. The Hall–Kier alpha value is -3.62. The molecule has 2 aliphatic rings. The van der Waals surface area contributed by atoms with Gasteiger partial charge in [0, 0.05) is 68.0 Å². The van der Waals surface area contributed by atoms with Gasteiger partial charge in [-0.2, -0.15) is 0 Å². The van der Waals surface area contributed by atoms with Crippen LogP contribution in [0.15, 0.2) is 66.0 Å². The van der Waals surface area contributed by atoms with E-state index >= 15 is 0 Å². The van der Waals surface area contributed by atoms with Crippen LogP contribution < -0.4 is 15.9 Å². The molecule has 4 aromatic rings. The van der Waals surface area contributed by atoms with E-state index in [1.54, 1.807) is 43.8 Å². The molecule has 2 aromatic heterocycles. The van der Waals surface area contributed by atoms with Crippen LogP contribution in [0.2, 0.25) is 5.02 Å². The highest BCUT2D eigenvalue weighted by molar-refractivity contribution is 6.32. The third kappa shape index (κ3) is 3.96. The Kier molecular flexibility index (Phi) is 5.58. The summed E-state index contributed by atoms with van der Waals surface area (Å²) in [6, 6.07) is 10.0. The lowest BCUT2D eigenvalue weighted by molar-refractivity contribution is 0.474. The monoisotopic (exact) mass is 505 g/mol. The van der Waals surface area contributed by atoms with Crippen molar-refractivity contribution in [2.75, 3.05) is 24.5 Å². The molecule has 2 aromatic carbocycles. The number of rotatable bonds is 4. The zero-order valence-electron chi connectivity index (χ0n) is 19.7. The van der Waals surface area contributed by atoms with Gasteiger partial charge in [0.1, 0.15) is 11.6 Å². The van der Waals surface area contributed by atoms with Gasteiger partial charge in [0.25, 0.3) is 0 Å². The highest BCUT2D eigenvalue weighted by Gasteiger charge is 2.32. The second-order valence-electron chi connectivity index (χ2n) is 9.62. The predicted molar refractivity (Wildman–Crippen MR) is 138 cm³/mol. The van der Waals surface area contributed by atoms with E-state index < -0.39 is 5.82 Å². The lowest BCUT2D eigenvalue weighted by Crippen LogP contribution is -2.41. The van der Waals surface area contributed by atoms with Crippen molar-refractivity contribution in [2.24, 2.45) is 13.0 Å². The molecule has 9 heteroatoms. The number of imidazole rings is 1. The molecule has 0 aliphatic carbocycles. The summed E-state index contributed by atoms with van der Waals surface area (Å²) in [5, 5.41) is 15.1. The maximum absolute atomic E-state index is 14.8. The minimum atomic E-state index is -0.483. The van der Waals surface area contributed by atoms with E-state index in [2.05, 4.69) is 15.2 Å². The number of nitrogens with one attached hydrogen (secondary N) is 1. The summed E-state index contributed by atoms with van der Waals surface area (Å²) >= 11 is 6.51. The maximum Gasteiger partial charge on any atom is 0.332 e. The number of hydrogen-bond acceptors (Lipinski definition) is 5. The highest BCUT2D eigenvalue weighted by Crippen LogP contribution is 2.41. The van der Waals surface area contributed by atoms with E-state index in [1.165, 1.54) is 27.7 Å². The first-order valence-electron chi connectivity index (χ1n) is 11.9. The topological polar surface area (TPSA) is 75.3 Å². The predicted octanol–water partition coefficient (Wildman–Crippen LogP) is 4.20. The van der Waals surface area contributed by atoms with Crippen LogP contribution in [0.5, 0.6) is 5.75 Å². The Balaban J connectivity index is 1.37. The van der Waals surface area contributed by atoms with Crippen molar-refractivity contribution in [3.8, 4) is 33.7 Å². The van der Waals surface area contributed by atoms with Crippen molar-refractivity contribution < 1.29 is 9.50 Å². The number of aryl methyl sites for hydroxylation is 1. The van der Waals surface area contributed by atoms with Crippen molar-refractivity contribution >= 4 is 17.3 Å². The summed E-state index contributed by atoms with van der Waals surface area (Å²) in [6.07, 6.45) is 7.92. The minimum absolute atomic E-state index is 0.0589. The Labute approximate surface area is 212 Å². The average Bonchev–Trinajstić information content (AvgIpc) is 3.39. The van der Waals surface area contributed by atoms with Crippen LogP contribution in [0.3, 0.4) is 0 Å². The van der Waals surface area contributed by atoms with Gasteiger partial charge in [-0.25, -0.2) is 9.18 Å². The summed E-state index contributed by atoms with van der Waals surface area (Å²) < 4.78 is 17.7. The largest absolute Gasteiger partial charge is 0.507 e. The normalized spacial score (nSPS) is 19.1. The number of fused-ring (bicyclic) bond motifs is 2. The average molecular weight is 506 g/mol. The molecule has 0 spiro atoms. The molecule has 0 amide bonds. The molecule has 2 aliphatic heterocycles. The number of pyridine rings is 1. The van der Waals surface area contributed by atoms with Gasteiger partial charge >= 0.3 is 5.69 Å². The fourth-order valence-electron chi connectivity index (χ4n) is 5.35. The second-order valence-corrected chi connectivity index (χ2v) is 10.0. The fourth-order valence-corrected chi connectivity index (χ4v) is 5.62. The first kappa shape index (κ1) is 22.8. The van der Waals surface area contributed by atoms with Crippen LogP contribution in [0.1, 0.15) is 6.42 Å². The fraction of sp³-hybridized carbons (Fsp3) is 0.259. The Morgan fingerprint density at radius 2 is 1.89 bits per heavy atom. The second kappa shape index (κ2) is 8.80. The van der Waals surface area contributed by atoms with Crippen molar-refractivity contribution in [3.05, 3.63) is 82.5 Å². The summed E-state index contributed by atoms with van der Waals surface area (Å²) in [4.78, 5) is 19.0. The molecular formula is C27H25ClFN5O2. The number of hydrogen-bond donors (Lipinski definition) is 2. The molecule has 4 heterocycles. The number of aromatic nitrogens is 3. The number of aromatic hydroxyl groups is 1. The third-order valence-corrected chi connectivity index (χ3v) is 7.48. The summed E-state index contributed by atoms with van der Waals surface area (Å²) in [5.74, 6) is 0.0698. The van der Waals surface area contributed by atoms with Gasteiger partial charge in [0.2, 0.25) is 0 Å². The van der Waals surface area contributed by atoms with Crippen LogP contribution in [-0.4, -0.2) is 44.9 Å². The molecule has 0 radical (unpaired) electrons. The Morgan fingerprint density at radius 1 is 1.08 bits per heavy atom. The lowest BCUT2D eigenvalue weighted by Gasteiger charge is -2.33. The van der Waals surface area contributed by atoms with E-state index in [-0.39, 0.29) is 11.4 Å². The van der Waals surface area contributed by atoms with E-state index in [0.717, 1.165) is 25.3 Å². The van der Waals surface area contributed by atoms with E-state index in [0.29, 0.717) is 44.9 Å². The Bertz CT molecular complexity index is 1520. The zero-order valence-corrected chi connectivity index (χ0v) is 20.4. The molecule has 2 atom stereocenters. The molecule has 0 saturated carbocycles. The molecule has 184 valence electrons. The van der Waals surface area contributed by atoms with Gasteiger partial charge < -0.3 is 19.9 Å². The number of phenolic OH excluding ortho intramolecular Hbond substituents is 1. The maximum atomic E-state index is 14.8. The minimum Gasteiger partial charge on any atom is -0.507 e. The molecule has 2 N–H and O–H groups in total. The third-order valence-electron chi connectivity index (χ3n) is 7.17. The summed E-state index contributed by atoms with van der Waals surface area (Å²) in [6.45, 7) is 2.88. The molecule has 2 bridgehead atoms. The Morgan fingerprint density at radius 3 is 2.61 bits per heavy atom. The van der Waals surface area contributed by atoms with Gasteiger partial charge in [-0.3, -0.25) is 9.55 Å². The number of anilines is 1. The number of phenols is 1. The first-order valence-corrected chi connectivity index (χ1v) is 12.3. The van der Waals surface area contributed by atoms with Crippen molar-refractivity contribution in [1.29, 1.82) is 0 Å². The van der Waals surface area contributed by atoms with Crippen molar-refractivity contribution in [2.45, 2.75) is 12.5 Å². The molecule has 7 nitrogen and oxygen atoms in total. The standard InChI is InChI=1S/C27H25ClFN5O2/c1-32-4-5-34(27(32)36)25-3-2-17(8-24(25)28)22-9-19(29)10-23(26(22)35)18-7-21(13-30-12-18)33-14-16-6-20(15-33)31-11-16/h2-5,7-10,12-13,16,20,31,35H,6,11,14-15H2,1H3. The first-order chi connectivity index (χ1) is 17.4. The van der Waals surface area contributed by atoms with Crippen LogP contribution in [0.25, 0.3) is 27.9 Å². The van der Waals surface area contributed by atoms with Gasteiger partial charge in [-0.1, -0.05) is 17.7 Å². The van der Waals surface area contributed by atoms with Gasteiger partial charge in [0.15, 0.2) is 0 Å². The number of nitrogens with zero attached hydrogens (tertiary/aromatic N) is 4. The quantitative estimate of drug-likeness (QED) is 0.435. The number of halogens is 2. The van der Waals surface area contributed by atoms with Gasteiger partial charge in [0.05, 0.1) is 22.6 Å². The van der Waals surface area contributed by atoms with E-state index in [1.807, 2.05) is 12.3 Å².